The predicted molar refractivity (Wildman–Crippen MR) is 107 cm³/mol. The first-order chi connectivity index (χ1) is 13.0. The van der Waals surface area contributed by atoms with Crippen LogP contribution in [0.15, 0.2) is 77.3 Å². The monoisotopic (exact) mass is 425 g/mol. The lowest BCUT2D eigenvalue weighted by Gasteiger charge is -2.14. The van der Waals surface area contributed by atoms with Crippen LogP contribution in [0.4, 0.5) is 10.1 Å². The highest BCUT2D eigenvalue weighted by atomic mass is 79.9. The van der Waals surface area contributed by atoms with Crippen molar-refractivity contribution in [2.45, 2.75) is 12.8 Å². The van der Waals surface area contributed by atoms with Crippen LogP contribution in [0.25, 0.3) is 0 Å². The molecule has 0 unspecified atom stereocenters. The smallest absolute Gasteiger partial charge is 0.231 e. The molecule has 3 aromatic carbocycles. The Morgan fingerprint density at radius 2 is 1.63 bits per heavy atom. The topological polar surface area (TPSA) is 46.2 Å². The van der Waals surface area contributed by atoms with Crippen LogP contribution in [0.5, 0.6) is 0 Å². The van der Waals surface area contributed by atoms with Gasteiger partial charge in [-0.1, -0.05) is 48.5 Å². The summed E-state index contributed by atoms with van der Waals surface area (Å²) in [5, 5.41) is 2.70. The minimum absolute atomic E-state index is 0.0972. The van der Waals surface area contributed by atoms with Crippen LogP contribution in [0.2, 0.25) is 0 Å². The summed E-state index contributed by atoms with van der Waals surface area (Å²) in [4.78, 5) is 25.1. The third-order valence-electron chi connectivity index (χ3n) is 4.27. The molecular formula is C22H17BrFNO2. The Hall–Kier alpha value is -2.79. The van der Waals surface area contributed by atoms with Gasteiger partial charge in [-0.15, -0.1) is 0 Å². The standard InChI is InChI=1S/C22H17BrFNO2/c1-14(22(27)25-18-10-11-19(23)20(24)13-18)16-8-5-9-17(12-16)21(26)15-6-3-2-4-7-15/h2-14H,1H3,(H,25,27)/t14-/m1/s1. The Bertz CT molecular complexity index is 989. The van der Waals surface area contributed by atoms with Crippen LogP contribution in [0.1, 0.15) is 34.3 Å². The lowest BCUT2D eigenvalue weighted by molar-refractivity contribution is -0.117. The fraction of sp³-hybridized carbons (Fsp3) is 0.0909. The van der Waals surface area contributed by atoms with Gasteiger partial charge in [0.15, 0.2) is 5.78 Å². The van der Waals surface area contributed by atoms with Crippen molar-refractivity contribution in [1.29, 1.82) is 0 Å². The molecule has 0 saturated heterocycles. The van der Waals surface area contributed by atoms with E-state index < -0.39 is 11.7 Å². The molecule has 0 aliphatic heterocycles. The highest BCUT2D eigenvalue weighted by Crippen LogP contribution is 2.23. The van der Waals surface area contributed by atoms with E-state index >= 15 is 0 Å². The van der Waals surface area contributed by atoms with Crippen molar-refractivity contribution >= 4 is 33.3 Å². The van der Waals surface area contributed by atoms with Gasteiger partial charge in [0.05, 0.1) is 10.4 Å². The Morgan fingerprint density at radius 3 is 2.33 bits per heavy atom. The van der Waals surface area contributed by atoms with Gasteiger partial charge in [-0.3, -0.25) is 9.59 Å². The van der Waals surface area contributed by atoms with Gasteiger partial charge >= 0.3 is 0 Å². The molecular weight excluding hydrogens is 409 g/mol. The molecule has 3 rings (SSSR count). The van der Waals surface area contributed by atoms with E-state index in [1.165, 1.54) is 12.1 Å². The van der Waals surface area contributed by atoms with Crippen molar-refractivity contribution < 1.29 is 14.0 Å². The first-order valence-corrected chi connectivity index (χ1v) is 9.20. The summed E-state index contributed by atoms with van der Waals surface area (Å²) in [6.07, 6.45) is 0. The maximum Gasteiger partial charge on any atom is 0.231 e. The summed E-state index contributed by atoms with van der Waals surface area (Å²) in [5.74, 6) is -1.32. The zero-order valence-electron chi connectivity index (χ0n) is 14.6. The summed E-state index contributed by atoms with van der Waals surface area (Å²) < 4.78 is 14.0. The molecule has 0 saturated carbocycles. The van der Waals surface area contributed by atoms with Gasteiger partial charge < -0.3 is 5.32 Å². The minimum Gasteiger partial charge on any atom is -0.325 e. The molecule has 0 aliphatic rings. The molecule has 5 heteroatoms. The molecule has 0 bridgehead atoms. The minimum atomic E-state index is -0.500. The number of ketones is 1. The number of halogens is 2. The first-order valence-electron chi connectivity index (χ1n) is 8.41. The van der Waals surface area contributed by atoms with Gasteiger partial charge in [-0.05, 0) is 52.7 Å². The SMILES string of the molecule is C[C@@H](C(=O)Nc1ccc(Br)c(F)c1)c1cccc(C(=O)c2ccccc2)c1. The average molecular weight is 426 g/mol. The van der Waals surface area contributed by atoms with Gasteiger partial charge in [-0.25, -0.2) is 4.39 Å². The predicted octanol–water partition coefficient (Wildman–Crippen LogP) is 5.56. The zero-order valence-corrected chi connectivity index (χ0v) is 16.2. The van der Waals surface area contributed by atoms with E-state index in [-0.39, 0.29) is 11.7 Å². The molecule has 27 heavy (non-hydrogen) atoms. The number of nitrogens with one attached hydrogen (secondary N) is 1. The van der Waals surface area contributed by atoms with Crippen LogP contribution in [-0.4, -0.2) is 11.7 Å². The summed E-state index contributed by atoms with van der Waals surface area (Å²) in [7, 11) is 0. The molecule has 0 aromatic heterocycles. The van der Waals surface area contributed by atoms with Crippen molar-refractivity contribution in [1.82, 2.24) is 0 Å². The normalized spacial score (nSPS) is 11.7. The van der Waals surface area contributed by atoms with Crippen LogP contribution in [0.3, 0.4) is 0 Å². The Labute approximate surface area is 165 Å². The van der Waals surface area contributed by atoms with Crippen LogP contribution < -0.4 is 5.32 Å². The highest BCUT2D eigenvalue weighted by molar-refractivity contribution is 9.10. The third kappa shape index (κ3) is 4.49. The highest BCUT2D eigenvalue weighted by Gasteiger charge is 2.18. The van der Waals surface area contributed by atoms with Crippen molar-refractivity contribution in [2.75, 3.05) is 5.32 Å². The van der Waals surface area contributed by atoms with E-state index in [2.05, 4.69) is 21.2 Å². The number of rotatable bonds is 5. The van der Waals surface area contributed by atoms with Crippen LogP contribution in [0, 0.1) is 5.82 Å². The largest absolute Gasteiger partial charge is 0.325 e. The second-order valence-corrected chi connectivity index (χ2v) is 7.01. The molecule has 136 valence electrons. The summed E-state index contributed by atoms with van der Waals surface area (Å²) in [6.45, 7) is 1.75. The van der Waals surface area contributed by atoms with Crippen molar-refractivity contribution in [3.8, 4) is 0 Å². The third-order valence-corrected chi connectivity index (χ3v) is 4.91. The van der Waals surface area contributed by atoms with E-state index in [0.717, 1.165) is 0 Å². The number of benzene rings is 3. The molecule has 3 aromatic rings. The molecule has 1 amide bonds. The molecule has 0 radical (unpaired) electrons. The molecule has 0 fully saturated rings. The fourth-order valence-electron chi connectivity index (χ4n) is 2.68. The summed E-state index contributed by atoms with van der Waals surface area (Å²) >= 11 is 3.08. The quantitative estimate of drug-likeness (QED) is 0.543. The van der Waals surface area contributed by atoms with E-state index in [1.807, 2.05) is 18.2 Å². The number of carbonyl (C=O) groups excluding carboxylic acids is 2. The Kier molecular flexibility index (Phi) is 5.81. The van der Waals surface area contributed by atoms with Crippen LogP contribution >= 0.6 is 15.9 Å². The maximum absolute atomic E-state index is 13.6. The molecule has 1 N–H and O–H groups in total. The summed E-state index contributed by atoms with van der Waals surface area (Å²) in [5.41, 5.74) is 2.21. The van der Waals surface area contributed by atoms with Gasteiger partial charge in [0.1, 0.15) is 5.82 Å². The van der Waals surface area contributed by atoms with Gasteiger partial charge in [0.25, 0.3) is 0 Å². The summed E-state index contributed by atoms with van der Waals surface area (Å²) in [6, 6.07) is 20.4. The second-order valence-electron chi connectivity index (χ2n) is 6.16. The Morgan fingerprint density at radius 1 is 0.926 bits per heavy atom. The van der Waals surface area contributed by atoms with Crippen molar-refractivity contribution in [2.24, 2.45) is 0 Å². The molecule has 1 atom stereocenters. The zero-order chi connectivity index (χ0) is 19.4. The number of anilines is 1. The molecule has 0 spiro atoms. The van der Waals surface area contributed by atoms with Crippen LogP contribution in [-0.2, 0) is 4.79 Å². The number of amides is 1. The average Bonchev–Trinajstić information content (AvgIpc) is 2.70. The van der Waals surface area contributed by atoms with E-state index in [1.54, 1.807) is 49.4 Å². The number of carbonyl (C=O) groups is 2. The second kappa shape index (κ2) is 8.27. The maximum atomic E-state index is 13.6. The van der Waals surface area contributed by atoms with E-state index in [4.69, 9.17) is 0 Å². The lowest BCUT2D eigenvalue weighted by Crippen LogP contribution is -2.19. The van der Waals surface area contributed by atoms with Crippen molar-refractivity contribution in [3.05, 3.63) is 99.8 Å². The number of hydrogen-bond donors (Lipinski definition) is 1. The fourth-order valence-corrected chi connectivity index (χ4v) is 2.93. The van der Waals surface area contributed by atoms with E-state index in [0.29, 0.717) is 26.9 Å². The first kappa shape index (κ1) is 19.0. The lowest BCUT2D eigenvalue weighted by atomic mass is 9.95. The molecule has 0 heterocycles. The van der Waals surface area contributed by atoms with Crippen molar-refractivity contribution in [3.63, 3.8) is 0 Å². The van der Waals surface area contributed by atoms with Gasteiger partial charge in [0.2, 0.25) is 5.91 Å². The van der Waals surface area contributed by atoms with Gasteiger partial charge in [-0.2, -0.15) is 0 Å². The number of hydrogen-bond acceptors (Lipinski definition) is 2. The molecule has 0 aliphatic carbocycles. The van der Waals surface area contributed by atoms with E-state index in [9.17, 15) is 14.0 Å². The molecule has 3 nitrogen and oxygen atoms in total. The Balaban J connectivity index is 1.78. The van der Waals surface area contributed by atoms with Gasteiger partial charge in [0, 0.05) is 16.8 Å².